The zero-order chi connectivity index (χ0) is 45.7. The minimum atomic E-state index is -0.516. The molecule has 0 aromatic carbocycles. The van der Waals surface area contributed by atoms with Crippen molar-refractivity contribution in [1.82, 2.24) is 0 Å². The maximum absolute atomic E-state index is 12.4. The summed E-state index contributed by atoms with van der Waals surface area (Å²) in [5, 5.41) is 8.54. The second-order valence-corrected chi connectivity index (χ2v) is 18.1. The molecule has 62 heavy (non-hydrogen) atoms. The monoisotopic (exact) mass is 883 g/mol. The Morgan fingerprint density at radius 3 is 0.935 bits per heavy atom. The fourth-order valence-corrected chi connectivity index (χ4v) is 7.72. The van der Waals surface area contributed by atoms with Crippen LogP contribution in [0.2, 0.25) is 0 Å². The standard InChI is InChI=1S/C34H66O5.C20H40O3/c1-4-7-9-11-13-15-17-19-21-23-25-27-33(35)38-31-32(30-37-29-6-3)39-34(36)28-26-24-22-20-18-16-14-12-10-8-5-2;1-2-3-4-5-6-7-8-9-10-11-12-13-14-15-16-17-20(22)23-19-18-21/h32H,4-31H2,1-3H3;21H,2-19H2,1H3. The van der Waals surface area contributed by atoms with Crippen molar-refractivity contribution in [3.05, 3.63) is 0 Å². The molecule has 0 aliphatic heterocycles. The Morgan fingerprint density at radius 1 is 0.339 bits per heavy atom. The molecule has 0 amide bonds. The van der Waals surface area contributed by atoms with Crippen LogP contribution in [-0.4, -0.2) is 62.2 Å². The molecule has 0 saturated heterocycles. The smallest absolute Gasteiger partial charge is 0.306 e. The molecule has 0 fully saturated rings. The minimum absolute atomic E-state index is 0.0788. The first kappa shape index (κ1) is 62.4. The SMILES string of the molecule is CCCCCCCCCCCCCC(=O)OCC(COCCC)OC(=O)CCCCCCCCCCCCC.CCCCCCCCCCCCCCCCCC(=O)OCCO. The van der Waals surface area contributed by atoms with Crippen molar-refractivity contribution in [3.8, 4) is 0 Å². The van der Waals surface area contributed by atoms with Gasteiger partial charge in [-0.3, -0.25) is 14.4 Å². The summed E-state index contributed by atoms with van der Waals surface area (Å²) < 4.78 is 21.5. The molecule has 1 atom stereocenters. The average Bonchev–Trinajstić information content (AvgIpc) is 3.27. The maximum atomic E-state index is 12.4. The summed E-state index contributed by atoms with van der Waals surface area (Å²) in [6.07, 6.45) is 49.3. The lowest BCUT2D eigenvalue weighted by Crippen LogP contribution is -2.30. The van der Waals surface area contributed by atoms with Crippen molar-refractivity contribution in [2.45, 2.75) is 297 Å². The molecular formula is C54H106O8. The quantitative estimate of drug-likeness (QED) is 0.0366. The number of hydrogen-bond acceptors (Lipinski definition) is 8. The number of esters is 3. The van der Waals surface area contributed by atoms with Gasteiger partial charge >= 0.3 is 17.9 Å². The molecule has 0 heterocycles. The van der Waals surface area contributed by atoms with E-state index in [1.54, 1.807) is 0 Å². The number of aliphatic hydroxyl groups excluding tert-OH is 1. The highest BCUT2D eigenvalue weighted by atomic mass is 16.6. The van der Waals surface area contributed by atoms with Gasteiger partial charge in [0.2, 0.25) is 0 Å². The Morgan fingerprint density at radius 2 is 0.629 bits per heavy atom. The Labute approximate surface area is 385 Å². The third kappa shape index (κ3) is 54.5. The van der Waals surface area contributed by atoms with Gasteiger partial charge in [0, 0.05) is 25.9 Å². The molecule has 0 aromatic heterocycles. The van der Waals surface area contributed by atoms with E-state index in [0.29, 0.717) is 25.9 Å². The molecule has 0 aliphatic carbocycles. The summed E-state index contributed by atoms with van der Waals surface area (Å²) in [4.78, 5) is 35.8. The Kier molecular flexibility index (Phi) is 55.8. The lowest BCUT2D eigenvalue weighted by atomic mass is 10.0. The summed E-state index contributed by atoms with van der Waals surface area (Å²) in [5.41, 5.74) is 0. The van der Waals surface area contributed by atoms with Crippen LogP contribution in [0.5, 0.6) is 0 Å². The molecule has 0 aromatic rings. The first-order valence-corrected chi connectivity index (χ1v) is 27.1. The maximum Gasteiger partial charge on any atom is 0.306 e. The second kappa shape index (κ2) is 55.5. The lowest BCUT2D eigenvalue weighted by molar-refractivity contribution is -0.162. The number of carbonyl (C=O) groups is 3. The fraction of sp³-hybridized carbons (Fsp3) is 0.944. The molecule has 0 rings (SSSR count). The van der Waals surface area contributed by atoms with Crippen LogP contribution in [-0.2, 0) is 33.3 Å². The Hall–Kier alpha value is -1.67. The van der Waals surface area contributed by atoms with Gasteiger partial charge in [0.1, 0.15) is 13.2 Å². The Balaban J connectivity index is 0. The number of rotatable bonds is 49. The van der Waals surface area contributed by atoms with Crippen LogP contribution in [0.3, 0.4) is 0 Å². The van der Waals surface area contributed by atoms with E-state index >= 15 is 0 Å². The van der Waals surface area contributed by atoms with E-state index in [-0.39, 0.29) is 44.3 Å². The third-order valence-corrected chi connectivity index (χ3v) is 11.7. The predicted octanol–water partition coefficient (Wildman–Crippen LogP) is 16.1. The van der Waals surface area contributed by atoms with Crippen molar-refractivity contribution in [1.29, 1.82) is 0 Å². The van der Waals surface area contributed by atoms with Crippen LogP contribution >= 0.6 is 0 Å². The van der Waals surface area contributed by atoms with E-state index in [2.05, 4.69) is 20.8 Å². The molecule has 8 nitrogen and oxygen atoms in total. The van der Waals surface area contributed by atoms with Crippen LogP contribution < -0.4 is 0 Å². The second-order valence-electron chi connectivity index (χ2n) is 18.1. The largest absolute Gasteiger partial charge is 0.463 e. The molecule has 0 spiro atoms. The van der Waals surface area contributed by atoms with Gasteiger partial charge in [-0.2, -0.15) is 0 Å². The molecule has 0 radical (unpaired) electrons. The van der Waals surface area contributed by atoms with Gasteiger partial charge in [-0.1, -0.05) is 246 Å². The van der Waals surface area contributed by atoms with Crippen molar-refractivity contribution in [2.24, 2.45) is 0 Å². The first-order chi connectivity index (χ1) is 30.4. The molecule has 1 unspecified atom stereocenters. The van der Waals surface area contributed by atoms with Crippen molar-refractivity contribution < 1.29 is 38.4 Å². The van der Waals surface area contributed by atoms with Crippen LogP contribution in [0.1, 0.15) is 291 Å². The minimum Gasteiger partial charge on any atom is -0.463 e. The number of hydrogen-bond donors (Lipinski definition) is 1. The average molecular weight is 883 g/mol. The van der Waals surface area contributed by atoms with Crippen molar-refractivity contribution in [2.75, 3.05) is 33.0 Å². The molecule has 370 valence electrons. The molecule has 1 N–H and O–H groups in total. The van der Waals surface area contributed by atoms with E-state index in [1.807, 2.05) is 6.92 Å². The zero-order valence-corrected chi connectivity index (χ0v) is 41.9. The predicted molar refractivity (Wildman–Crippen MR) is 262 cm³/mol. The normalized spacial score (nSPS) is 11.6. The van der Waals surface area contributed by atoms with Crippen LogP contribution in [0.25, 0.3) is 0 Å². The van der Waals surface area contributed by atoms with Crippen molar-refractivity contribution >= 4 is 17.9 Å². The van der Waals surface area contributed by atoms with E-state index in [1.165, 1.54) is 199 Å². The zero-order valence-electron chi connectivity index (χ0n) is 41.9. The molecule has 0 aliphatic rings. The highest BCUT2D eigenvalue weighted by Crippen LogP contribution is 2.16. The molecule has 8 heteroatoms. The number of carbonyl (C=O) groups excluding carboxylic acids is 3. The summed E-state index contributed by atoms with van der Waals surface area (Å²) in [6.45, 7) is 9.86. The summed E-state index contributed by atoms with van der Waals surface area (Å²) in [6, 6.07) is 0. The molecule has 0 bridgehead atoms. The van der Waals surface area contributed by atoms with E-state index in [0.717, 1.165) is 44.9 Å². The highest BCUT2D eigenvalue weighted by molar-refractivity contribution is 5.70. The number of ether oxygens (including phenoxy) is 4. The highest BCUT2D eigenvalue weighted by Gasteiger charge is 2.17. The Bertz CT molecular complexity index is 896. The summed E-state index contributed by atoms with van der Waals surface area (Å²) >= 11 is 0. The summed E-state index contributed by atoms with van der Waals surface area (Å²) in [5.74, 6) is -0.584. The van der Waals surface area contributed by atoms with Crippen LogP contribution in [0.15, 0.2) is 0 Å². The summed E-state index contributed by atoms with van der Waals surface area (Å²) in [7, 11) is 0. The van der Waals surface area contributed by atoms with Gasteiger partial charge in [-0.15, -0.1) is 0 Å². The van der Waals surface area contributed by atoms with Gasteiger partial charge < -0.3 is 24.1 Å². The first-order valence-electron chi connectivity index (χ1n) is 27.1. The number of aliphatic hydroxyl groups is 1. The van der Waals surface area contributed by atoms with E-state index < -0.39 is 6.10 Å². The topological polar surface area (TPSA) is 108 Å². The van der Waals surface area contributed by atoms with Gasteiger partial charge in [-0.25, -0.2) is 0 Å². The lowest BCUT2D eigenvalue weighted by Gasteiger charge is -2.18. The molecule has 0 saturated carbocycles. The van der Waals surface area contributed by atoms with Crippen molar-refractivity contribution in [3.63, 3.8) is 0 Å². The molecular weight excluding hydrogens is 777 g/mol. The van der Waals surface area contributed by atoms with Gasteiger partial charge in [0.05, 0.1) is 13.2 Å². The van der Waals surface area contributed by atoms with Gasteiger partial charge in [0.25, 0.3) is 0 Å². The van der Waals surface area contributed by atoms with Gasteiger partial charge in [-0.05, 0) is 25.7 Å². The van der Waals surface area contributed by atoms with Gasteiger partial charge in [0.15, 0.2) is 6.10 Å². The fourth-order valence-electron chi connectivity index (χ4n) is 7.72. The van der Waals surface area contributed by atoms with Crippen LogP contribution in [0.4, 0.5) is 0 Å². The van der Waals surface area contributed by atoms with E-state index in [9.17, 15) is 14.4 Å². The van der Waals surface area contributed by atoms with Crippen LogP contribution in [0, 0.1) is 0 Å². The third-order valence-electron chi connectivity index (χ3n) is 11.7. The number of unbranched alkanes of at least 4 members (excludes halogenated alkanes) is 34. The van der Waals surface area contributed by atoms with E-state index in [4.69, 9.17) is 24.1 Å².